The number of amides is 1. The molecule has 2 rings (SSSR count). The summed E-state index contributed by atoms with van der Waals surface area (Å²) < 4.78 is 13.3. The Bertz CT molecular complexity index is 633. The first kappa shape index (κ1) is 15.0. The number of nitrogens with one attached hydrogen (secondary N) is 1. The number of alkyl halides is 1. The van der Waals surface area contributed by atoms with Crippen LogP contribution < -0.4 is 5.32 Å². The van der Waals surface area contributed by atoms with Gasteiger partial charge >= 0.3 is 0 Å². The van der Waals surface area contributed by atoms with Crippen LogP contribution in [-0.2, 0) is 11.9 Å². The van der Waals surface area contributed by atoms with E-state index in [4.69, 9.17) is 11.6 Å². The summed E-state index contributed by atoms with van der Waals surface area (Å²) in [5.74, 6) is -0.987. The first-order valence-corrected chi connectivity index (χ1v) is 7.47. The third-order valence-corrected chi connectivity index (χ3v) is 3.83. The van der Waals surface area contributed by atoms with E-state index in [9.17, 15) is 9.18 Å². The van der Waals surface area contributed by atoms with Crippen LogP contribution in [0.1, 0.15) is 21.5 Å². The lowest BCUT2D eigenvalue weighted by Gasteiger charge is -2.08. The number of halogens is 3. The van der Waals surface area contributed by atoms with Gasteiger partial charge in [-0.25, -0.2) is 4.39 Å². The number of hydrogen-bond acceptors (Lipinski definition) is 1. The largest absolute Gasteiger partial charge is 0.348 e. The number of carbonyl (C=O) groups is 1. The van der Waals surface area contributed by atoms with Gasteiger partial charge in [0, 0.05) is 11.9 Å². The predicted molar refractivity (Wildman–Crippen MR) is 81.7 cm³/mol. The van der Waals surface area contributed by atoms with E-state index in [2.05, 4.69) is 21.2 Å². The topological polar surface area (TPSA) is 29.1 Å². The van der Waals surface area contributed by atoms with Crippen molar-refractivity contribution in [2.75, 3.05) is 0 Å². The Kier molecular flexibility index (Phi) is 5.15. The van der Waals surface area contributed by atoms with Gasteiger partial charge in [-0.1, -0.05) is 57.9 Å². The summed E-state index contributed by atoms with van der Waals surface area (Å²) in [7, 11) is 0. The van der Waals surface area contributed by atoms with Crippen LogP contribution in [0.15, 0.2) is 42.5 Å². The highest BCUT2D eigenvalue weighted by Crippen LogP contribution is 2.19. The van der Waals surface area contributed by atoms with Gasteiger partial charge in [0.2, 0.25) is 0 Å². The molecular weight excluding hydrogens is 345 g/mol. The van der Waals surface area contributed by atoms with Crippen LogP contribution in [0.5, 0.6) is 0 Å². The molecule has 1 amide bonds. The molecule has 0 saturated carbocycles. The van der Waals surface area contributed by atoms with Crippen LogP contribution in [0.4, 0.5) is 4.39 Å². The SMILES string of the molecule is O=C(NCc1cccc(CBr)c1)c1cccc(F)c1Cl. The molecule has 104 valence electrons. The van der Waals surface area contributed by atoms with E-state index in [1.165, 1.54) is 18.2 Å². The van der Waals surface area contributed by atoms with Gasteiger partial charge in [-0.3, -0.25) is 4.79 Å². The van der Waals surface area contributed by atoms with Gasteiger partial charge in [0.15, 0.2) is 0 Å². The minimum Gasteiger partial charge on any atom is -0.348 e. The Hall–Kier alpha value is -1.39. The van der Waals surface area contributed by atoms with Gasteiger partial charge in [-0.05, 0) is 23.3 Å². The summed E-state index contributed by atoms with van der Waals surface area (Å²) in [4.78, 5) is 12.0. The minimum atomic E-state index is -0.597. The fourth-order valence-corrected chi connectivity index (χ4v) is 2.34. The Morgan fingerprint density at radius 3 is 2.65 bits per heavy atom. The van der Waals surface area contributed by atoms with E-state index in [-0.39, 0.29) is 10.6 Å². The maximum absolute atomic E-state index is 13.3. The van der Waals surface area contributed by atoms with Crippen molar-refractivity contribution in [2.45, 2.75) is 11.9 Å². The Morgan fingerprint density at radius 2 is 1.90 bits per heavy atom. The van der Waals surface area contributed by atoms with Gasteiger partial charge in [0.25, 0.3) is 5.91 Å². The molecule has 5 heteroatoms. The van der Waals surface area contributed by atoms with Gasteiger partial charge in [-0.2, -0.15) is 0 Å². The van der Waals surface area contributed by atoms with Gasteiger partial charge in [-0.15, -0.1) is 0 Å². The Morgan fingerprint density at radius 1 is 1.20 bits per heavy atom. The summed E-state index contributed by atoms with van der Waals surface area (Å²) in [5.41, 5.74) is 2.24. The minimum absolute atomic E-state index is 0.142. The molecule has 0 aliphatic carbocycles. The lowest BCUT2D eigenvalue weighted by molar-refractivity contribution is 0.0950. The second-order valence-corrected chi connectivity index (χ2v) is 5.18. The molecule has 0 aromatic heterocycles. The lowest BCUT2D eigenvalue weighted by Crippen LogP contribution is -2.23. The number of hydrogen-bond donors (Lipinski definition) is 1. The van der Waals surface area contributed by atoms with Crippen molar-refractivity contribution in [2.24, 2.45) is 0 Å². The van der Waals surface area contributed by atoms with E-state index in [0.717, 1.165) is 16.5 Å². The number of benzene rings is 2. The van der Waals surface area contributed by atoms with Crippen molar-refractivity contribution in [3.63, 3.8) is 0 Å². The molecule has 0 atom stereocenters. The van der Waals surface area contributed by atoms with Crippen LogP contribution in [0.2, 0.25) is 5.02 Å². The highest BCUT2D eigenvalue weighted by molar-refractivity contribution is 9.08. The average Bonchev–Trinajstić information content (AvgIpc) is 2.48. The van der Waals surface area contributed by atoms with Crippen molar-refractivity contribution in [1.29, 1.82) is 0 Å². The zero-order valence-electron chi connectivity index (χ0n) is 10.5. The maximum Gasteiger partial charge on any atom is 0.253 e. The van der Waals surface area contributed by atoms with Crippen molar-refractivity contribution in [1.82, 2.24) is 5.32 Å². The maximum atomic E-state index is 13.3. The monoisotopic (exact) mass is 355 g/mol. The Labute approximate surface area is 130 Å². The number of carbonyl (C=O) groups excluding carboxylic acids is 1. The molecule has 2 aromatic carbocycles. The van der Waals surface area contributed by atoms with Gasteiger partial charge in [0.05, 0.1) is 10.6 Å². The molecule has 0 spiro atoms. The molecule has 0 radical (unpaired) electrons. The van der Waals surface area contributed by atoms with E-state index in [1.54, 1.807) is 0 Å². The normalized spacial score (nSPS) is 10.3. The molecule has 2 nitrogen and oxygen atoms in total. The fraction of sp³-hybridized carbons (Fsp3) is 0.133. The molecule has 0 fully saturated rings. The zero-order chi connectivity index (χ0) is 14.5. The molecule has 0 unspecified atom stereocenters. The summed E-state index contributed by atoms with van der Waals surface area (Å²) >= 11 is 9.15. The van der Waals surface area contributed by atoms with Crippen LogP contribution in [0, 0.1) is 5.82 Å². The molecule has 0 saturated heterocycles. The summed E-state index contributed by atoms with van der Waals surface area (Å²) in [6.45, 7) is 0.368. The van der Waals surface area contributed by atoms with Crippen molar-refractivity contribution in [3.8, 4) is 0 Å². The molecule has 0 heterocycles. The van der Waals surface area contributed by atoms with Crippen molar-refractivity contribution >= 4 is 33.4 Å². The average molecular weight is 357 g/mol. The van der Waals surface area contributed by atoms with Crippen LogP contribution in [-0.4, -0.2) is 5.91 Å². The molecule has 0 aliphatic rings. The summed E-state index contributed by atoms with van der Waals surface area (Å²) in [6.07, 6.45) is 0. The van der Waals surface area contributed by atoms with Crippen molar-refractivity contribution in [3.05, 3.63) is 70.0 Å². The predicted octanol–water partition coefficient (Wildman–Crippen LogP) is 4.30. The fourth-order valence-electron chi connectivity index (χ4n) is 1.78. The third-order valence-electron chi connectivity index (χ3n) is 2.79. The van der Waals surface area contributed by atoms with Gasteiger partial charge in [0.1, 0.15) is 5.82 Å². The zero-order valence-corrected chi connectivity index (χ0v) is 12.8. The van der Waals surface area contributed by atoms with Gasteiger partial charge < -0.3 is 5.32 Å². The first-order valence-electron chi connectivity index (χ1n) is 5.98. The van der Waals surface area contributed by atoms with Crippen LogP contribution in [0.3, 0.4) is 0 Å². The Balaban J connectivity index is 2.06. The summed E-state index contributed by atoms with van der Waals surface area (Å²) in [5, 5.41) is 3.33. The molecular formula is C15H12BrClFNO. The first-order chi connectivity index (χ1) is 9.61. The number of rotatable bonds is 4. The summed E-state index contributed by atoms with van der Waals surface area (Å²) in [6, 6.07) is 12.0. The highest BCUT2D eigenvalue weighted by Gasteiger charge is 2.12. The van der Waals surface area contributed by atoms with E-state index in [1.807, 2.05) is 24.3 Å². The van der Waals surface area contributed by atoms with E-state index in [0.29, 0.717) is 6.54 Å². The molecule has 2 aromatic rings. The van der Waals surface area contributed by atoms with Crippen LogP contribution in [0.25, 0.3) is 0 Å². The van der Waals surface area contributed by atoms with Crippen LogP contribution >= 0.6 is 27.5 Å². The molecule has 0 bridgehead atoms. The second kappa shape index (κ2) is 6.86. The second-order valence-electron chi connectivity index (χ2n) is 4.24. The molecule has 20 heavy (non-hydrogen) atoms. The quantitative estimate of drug-likeness (QED) is 0.813. The van der Waals surface area contributed by atoms with E-state index >= 15 is 0 Å². The smallest absolute Gasteiger partial charge is 0.253 e. The molecule has 0 aliphatic heterocycles. The van der Waals surface area contributed by atoms with Crippen molar-refractivity contribution < 1.29 is 9.18 Å². The lowest BCUT2D eigenvalue weighted by atomic mass is 10.1. The third kappa shape index (κ3) is 3.58. The van der Waals surface area contributed by atoms with E-state index < -0.39 is 11.7 Å². The molecule has 1 N–H and O–H groups in total. The standard InChI is InChI=1S/C15H12BrClFNO/c16-8-10-3-1-4-11(7-10)9-19-15(20)12-5-2-6-13(18)14(12)17/h1-7H,8-9H2,(H,19,20). The highest BCUT2D eigenvalue weighted by atomic mass is 79.9.